The molecule has 2 nitrogen and oxygen atoms in total. The van der Waals surface area contributed by atoms with E-state index in [-0.39, 0.29) is 5.82 Å². The van der Waals surface area contributed by atoms with E-state index in [1.165, 1.54) is 17.6 Å². The zero-order valence-electron chi connectivity index (χ0n) is 7.17. The first-order chi connectivity index (χ1) is 6.22. The fourth-order valence-electron chi connectivity index (χ4n) is 1.26. The lowest BCUT2D eigenvalue weighted by Gasteiger charge is -1.96. The Hall–Kier alpha value is -1.00. The fourth-order valence-corrected chi connectivity index (χ4v) is 2.08. The largest absolute Gasteiger partial charge is 0.325 e. The number of hydrogen-bond acceptors (Lipinski definition) is 3. The first-order valence-corrected chi connectivity index (χ1v) is 4.74. The summed E-state index contributed by atoms with van der Waals surface area (Å²) in [5, 5.41) is 0.978. The Morgan fingerprint density at radius 2 is 2.31 bits per heavy atom. The monoisotopic (exact) mass is 196 g/mol. The van der Waals surface area contributed by atoms with Crippen molar-refractivity contribution < 1.29 is 4.39 Å². The third kappa shape index (κ3) is 1.32. The summed E-state index contributed by atoms with van der Waals surface area (Å²) >= 11 is 1.29. The highest BCUT2D eigenvalue weighted by molar-refractivity contribution is 7.13. The maximum absolute atomic E-state index is 13.1. The summed E-state index contributed by atoms with van der Waals surface area (Å²) in [7, 11) is 0. The van der Waals surface area contributed by atoms with Gasteiger partial charge in [-0.1, -0.05) is 0 Å². The molecule has 1 heterocycles. The van der Waals surface area contributed by atoms with Crippen molar-refractivity contribution in [2.45, 2.75) is 13.5 Å². The molecule has 4 heteroatoms. The molecule has 0 unspecified atom stereocenters. The van der Waals surface area contributed by atoms with Crippen LogP contribution in [0.15, 0.2) is 12.1 Å². The molecule has 2 N–H and O–H groups in total. The fraction of sp³-hybridized carbons (Fsp3) is 0.222. The number of aromatic nitrogens is 1. The van der Waals surface area contributed by atoms with E-state index in [0.29, 0.717) is 12.1 Å². The minimum Gasteiger partial charge on any atom is -0.325 e. The number of hydrogen-bond donors (Lipinski definition) is 1. The Bertz CT molecular complexity index is 450. The highest BCUT2D eigenvalue weighted by Gasteiger charge is 2.07. The summed E-state index contributed by atoms with van der Waals surface area (Å²) in [6.07, 6.45) is 0. The molecule has 2 aromatic rings. The van der Waals surface area contributed by atoms with Gasteiger partial charge in [-0.2, -0.15) is 4.37 Å². The summed E-state index contributed by atoms with van der Waals surface area (Å²) < 4.78 is 18.1. The maximum atomic E-state index is 13.1. The average molecular weight is 196 g/mol. The van der Waals surface area contributed by atoms with Gasteiger partial charge in [0, 0.05) is 11.9 Å². The quantitative estimate of drug-likeness (QED) is 0.759. The average Bonchev–Trinajstić information content (AvgIpc) is 2.48. The van der Waals surface area contributed by atoms with Crippen LogP contribution in [0.2, 0.25) is 0 Å². The van der Waals surface area contributed by atoms with Gasteiger partial charge >= 0.3 is 0 Å². The molecule has 0 fully saturated rings. The number of benzene rings is 1. The minimum absolute atomic E-state index is 0.181. The second kappa shape index (κ2) is 3.05. The van der Waals surface area contributed by atoms with Crippen LogP contribution in [0.3, 0.4) is 0 Å². The molecule has 0 saturated carbocycles. The number of aryl methyl sites for hydroxylation is 1. The lowest BCUT2D eigenvalue weighted by Crippen LogP contribution is -1.96. The topological polar surface area (TPSA) is 38.9 Å². The van der Waals surface area contributed by atoms with E-state index < -0.39 is 0 Å². The van der Waals surface area contributed by atoms with Gasteiger partial charge in [0.1, 0.15) is 5.82 Å². The van der Waals surface area contributed by atoms with Crippen molar-refractivity contribution in [1.29, 1.82) is 0 Å². The predicted octanol–water partition coefficient (Wildman–Crippen LogP) is 2.20. The molecule has 0 aliphatic carbocycles. The molecule has 68 valence electrons. The van der Waals surface area contributed by atoms with E-state index in [2.05, 4.69) is 4.37 Å². The van der Waals surface area contributed by atoms with Gasteiger partial charge in [-0.3, -0.25) is 0 Å². The molecule has 0 atom stereocenters. The highest BCUT2D eigenvalue weighted by atomic mass is 32.1. The Morgan fingerprint density at radius 3 is 3.00 bits per heavy atom. The van der Waals surface area contributed by atoms with Gasteiger partial charge < -0.3 is 5.73 Å². The molecule has 0 saturated heterocycles. The summed E-state index contributed by atoms with van der Waals surface area (Å²) in [6, 6.07) is 3.32. The SMILES string of the molecule is Cc1cc2c(CN)nsc2cc1F. The van der Waals surface area contributed by atoms with Gasteiger partial charge in [0.15, 0.2) is 0 Å². The van der Waals surface area contributed by atoms with Crippen molar-refractivity contribution in [3.05, 3.63) is 29.2 Å². The molecule has 0 spiro atoms. The molecular formula is C9H9FN2S. The van der Waals surface area contributed by atoms with Gasteiger partial charge in [0.25, 0.3) is 0 Å². The lowest BCUT2D eigenvalue weighted by atomic mass is 10.1. The van der Waals surface area contributed by atoms with Crippen LogP contribution in [0.4, 0.5) is 4.39 Å². The van der Waals surface area contributed by atoms with Crippen molar-refractivity contribution in [3.63, 3.8) is 0 Å². The number of nitrogens with zero attached hydrogens (tertiary/aromatic N) is 1. The molecule has 0 aliphatic heterocycles. The Balaban J connectivity index is 2.77. The predicted molar refractivity (Wildman–Crippen MR) is 52.2 cm³/mol. The Morgan fingerprint density at radius 1 is 1.54 bits per heavy atom. The molecule has 1 aromatic heterocycles. The molecule has 1 aromatic carbocycles. The van der Waals surface area contributed by atoms with Gasteiger partial charge in [-0.25, -0.2) is 4.39 Å². The summed E-state index contributed by atoms with van der Waals surface area (Å²) in [5.74, 6) is -0.181. The van der Waals surface area contributed by atoms with Gasteiger partial charge in [0.2, 0.25) is 0 Å². The molecule has 0 aliphatic rings. The zero-order chi connectivity index (χ0) is 9.42. The highest BCUT2D eigenvalue weighted by Crippen LogP contribution is 2.25. The van der Waals surface area contributed by atoms with Crippen LogP contribution in [0.25, 0.3) is 10.1 Å². The van der Waals surface area contributed by atoms with Gasteiger partial charge in [-0.05, 0) is 36.2 Å². The van der Waals surface area contributed by atoms with Crippen LogP contribution in [-0.2, 0) is 6.54 Å². The number of rotatable bonds is 1. The zero-order valence-corrected chi connectivity index (χ0v) is 7.99. The van der Waals surface area contributed by atoms with E-state index in [9.17, 15) is 4.39 Å². The van der Waals surface area contributed by atoms with Gasteiger partial charge in [0.05, 0.1) is 10.4 Å². The molecular weight excluding hydrogens is 187 g/mol. The van der Waals surface area contributed by atoms with E-state index in [0.717, 1.165) is 15.8 Å². The smallest absolute Gasteiger partial charge is 0.127 e. The summed E-state index contributed by atoms with van der Waals surface area (Å²) in [4.78, 5) is 0. The van der Waals surface area contributed by atoms with E-state index in [4.69, 9.17) is 5.73 Å². The van der Waals surface area contributed by atoms with Crippen molar-refractivity contribution in [1.82, 2.24) is 4.37 Å². The molecule has 0 amide bonds. The van der Waals surface area contributed by atoms with Crippen LogP contribution >= 0.6 is 11.5 Å². The van der Waals surface area contributed by atoms with Crippen molar-refractivity contribution in [2.75, 3.05) is 0 Å². The van der Waals surface area contributed by atoms with Crippen molar-refractivity contribution in [2.24, 2.45) is 5.73 Å². The minimum atomic E-state index is -0.181. The van der Waals surface area contributed by atoms with Crippen LogP contribution in [0.1, 0.15) is 11.3 Å². The van der Waals surface area contributed by atoms with Crippen LogP contribution < -0.4 is 5.73 Å². The molecule has 0 bridgehead atoms. The van der Waals surface area contributed by atoms with Crippen LogP contribution in [0, 0.1) is 12.7 Å². The standard InChI is InChI=1S/C9H9FN2S/c1-5-2-6-8(4-11)12-13-9(6)3-7(5)10/h2-3H,4,11H2,1H3. The van der Waals surface area contributed by atoms with Crippen LogP contribution in [0.5, 0.6) is 0 Å². The Labute approximate surface area is 79.3 Å². The first kappa shape index (κ1) is 8.59. The van der Waals surface area contributed by atoms with E-state index in [1.807, 2.05) is 0 Å². The normalized spacial score (nSPS) is 11.0. The van der Waals surface area contributed by atoms with E-state index in [1.54, 1.807) is 13.0 Å². The lowest BCUT2D eigenvalue weighted by molar-refractivity contribution is 0.621. The third-order valence-electron chi connectivity index (χ3n) is 2.02. The summed E-state index contributed by atoms with van der Waals surface area (Å²) in [5.41, 5.74) is 6.99. The molecule has 2 rings (SSSR count). The summed E-state index contributed by atoms with van der Waals surface area (Å²) in [6.45, 7) is 2.15. The molecule has 13 heavy (non-hydrogen) atoms. The number of fused-ring (bicyclic) bond motifs is 1. The van der Waals surface area contributed by atoms with E-state index >= 15 is 0 Å². The number of halogens is 1. The van der Waals surface area contributed by atoms with Gasteiger partial charge in [-0.15, -0.1) is 0 Å². The van der Waals surface area contributed by atoms with Crippen molar-refractivity contribution in [3.8, 4) is 0 Å². The van der Waals surface area contributed by atoms with Crippen LogP contribution in [-0.4, -0.2) is 4.37 Å². The van der Waals surface area contributed by atoms with Crippen molar-refractivity contribution >= 4 is 21.6 Å². The number of nitrogens with two attached hydrogens (primary N) is 1. The maximum Gasteiger partial charge on any atom is 0.127 e. The first-order valence-electron chi connectivity index (χ1n) is 3.97. The Kier molecular flexibility index (Phi) is 2.01. The third-order valence-corrected chi connectivity index (χ3v) is 2.87. The second-order valence-electron chi connectivity index (χ2n) is 2.93. The molecule has 0 radical (unpaired) electrons. The second-order valence-corrected chi connectivity index (χ2v) is 3.74.